The third kappa shape index (κ3) is 60.6. The molecule has 0 heterocycles. The number of hydrogen-bond acceptors (Lipinski definition) is 6. The Morgan fingerprint density at radius 1 is 0.260 bits per heavy atom. The van der Waals surface area contributed by atoms with E-state index in [1.165, 1.54) is 257 Å². The highest BCUT2D eigenvalue weighted by Crippen LogP contribution is 2.18. The van der Waals surface area contributed by atoms with Gasteiger partial charge in [-0.1, -0.05) is 302 Å². The van der Waals surface area contributed by atoms with Crippen LogP contribution in [0.1, 0.15) is 367 Å². The van der Waals surface area contributed by atoms with Crippen LogP contribution < -0.4 is 0 Å². The summed E-state index contributed by atoms with van der Waals surface area (Å²) in [6.07, 6.45) is 74.8. The highest BCUT2D eigenvalue weighted by Gasteiger charge is 2.19. The second-order valence-electron chi connectivity index (χ2n) is 22.4. The van der Waals surface area contributed by atoms with Crippen LogP contribution in [0.5, 0.6) is 0 Å². The Kier molecular flexibility index (Phi) is 60.6. The van der Waals surface area contributed by atoms with E-state index in [-0.39, 0.29) is 31.1 Å². The van der Waals surface area contributed by atoms with Gasteiger partial charge in [-0.05, 0) is 70.6 Å². The number of unbranched alkanes of at least 4 members (excludes halogenated alkanes) is 46. The molecule has 0 N–H and O–H groups in total. The Hall–Kier alpha value is -2.11. The van der Waals surface area contributed by atoms with Crippen LogP contribution in [0.3, 0.4) is 0 Å². The van der Waals surface area contributed by atoms with E-state index in [9.17, 15) is 14.4 Å². The Labute approximate surface area is 455 Å². The smallest absolute Gasteiger partial charge is 0.306 e. The monoisotopic (exact) mass is 1030 g/mol. The molecule has 0 aromatic carbocycles. The predicted molar refractivity (Wildman–Crippen MR) is 316 cm³/mol. The van der Waals surface area contributed by atoms with Crippen molar-refractivity contribution >= 4 is 17.9 Å². The maximum atomic E-state index is 12.9. The molecule has 6 nitrogen and oxygen atoms in total. The fourth-order valence-electron chi connectivity index (χ4n) is 9.97. The van der Waals surface area contributed by atoms with E-state index in [4.69, 9.17) is 14.2 Å². The van der Waals surface area contributed by atoms with Gasteiger partial charge in [0.2, 0.25) is 0 Å². The lowest BCUT2D eigenvalue weighted by Gasteiger charge is -2.18. The van der Waals surface area contributed by atoms with E-state index in [0.29, 0.717) is 19.3 Å². The molecule has 0 rings (SSSR count). The molecule has 73 heavy (non-hydrogen) atoms. The summed E-state index contributed by atoms with van der Waals surface area (Å²) in [6, 6.07) is 0. The lowest BCUT2D eigenvalue weighted by atomic mass is 10.0. The highest BCUT2D eigenvalue weighted by molar-refractivity contribution is 5.71. The molecule has 0 aliphatic heterocycles. The number of carbonyl (C=O) groups is 3. The van der Waals surface area contributed by atoms with Gasteiger partial charge >= 0.3 is 17.9 Å². The SMILES string of the molecule is CCCCCC/C=C\CCCCCCCC(=O)OCC(COC(=O)CCCCCCCCCCCCCCCCCCCCCCCCCCCC)OC(=O)CCCCCCC/C=C\CCCCCCCCC. The van der Waals surface area contributed by atoms with Crippen LogP contribution in [0.25, 0.3) is 0 Å². The van der Waals surface area contributed by atoms with E-state index >= 15 is 0 Å². The second-order valence-corrected chi connectivity index (χ2v) is 22.4. The van der Waals surface area contributed by atoms with Crippen LogP contribution in [0.2, 0.25) is 0 Å². The molecular formula is C67H126O6. The van der Waals surface area contributed by atoms with E-state index in [1.807, 2.05) is 0 Å². The molecule has 0 aliphatic carbocycles. The molecule has 0 saturated heterocycles. The number of ether oxygens (including phenoxy) is 3. The van der Waals surface area contributed by atoms with E-state index in [1.54, 1.807) is 0 Å². The number of allylic oxidation sites excluding steroid dienone is 4. The van der Waals surface area contributed by atoms with Gasteiger partial charge in [-0.2, -0.15) is 0 Å². The number of esters is 3. The van der Waals surface area contributed by atoms with Gasteiger partial charge in [0, 0.05) is 19.3 Å². The summed E-state index contributed by atoms with van der Waals surface area (Å²) in [6.45, 7) is 6.67. The molecule has 0 radical (unpaired) electrons. The Balaban J connectivity index is 4.20. The van der Waals surface area contributed by atoms with Gasteiger partial charge in [0.25, 0.3) is 0 Å². The van der Waals surface area contributed by atoms with E-state index < -0.39 is 6.10 Å². The van der Waals surface area contributed by atoms with Crippen LogP contribution in [-0.2, 0) is 28.6 Å². The van der Waals surface area contributed by atoms with Gasteiger partial charge in [0.1, 0.15) is 13.2 Å². The third-order valence-corrected chi connectivity index (χ3v) is 14.9. The normalized spacial score (nSPS) is 12.1. The van der Waals surface area contributed by atoms with Crippen molar-refractivity contribution in [1.29, 1.82) is 0 Å². The molecule has 430 valence electrons. The minimum Gasteiger partial charge on any atom is -0.462 e. The number of carbonyl (C=O) groups excluding carboxylic acids is 3. The van der Waals surface area contributed by atoms with Crippen molar-refractivity contribution in [2.24, 2.45) is 0 Å². The van der Waals surface area contributed by atoms with Crippen LogP contribution in [0.15, 0.2) is 24.3 Å². The first-order chi connectivity index (χ1) is 36.0. The largest absolute Gasteiger partial charge is 0.462 e. The molecule has 0 amide bonds. The molecule has 6 heteroatoms. The zero-order valence-corrected chi connectivity index (χ0v) is 49.4. The average Bonchev–Trinajstić information content (AvgIpc) is 3.39. The molecule has 0 aromatic rings. The molecule has 0 aromatic heterocycles. The van der Waals surface area contributed by atoms with Crippen molar-refractivity contribution in [2.75, 3.05) is 13.2 Å². The fraction of sp³-hybridized carbons (Fsp3) is 0.896. The summed E-state index contributed by atoms with van der Waals surface area (Å²) < 4.78 is 16.9. The van der Waals surface area contributed by atoms with Gasteiger partial charge in [-0.3, -0.25) is 14.4 Å². The minimum absolute atomic E-state index is 0.0724. The van der Waals surface area contributed by atoms with Crippen LogP contribution in [-0.4, -0.2) is 37.2 Å². The van der Waals surface area contributed by atoms with Gasteiger partial charge in [-0.15, -0.1) is 0 Å². The summed E-state index contributed by atoms with van der Waals surface area (Å²) in [5.41, 5.74) is 0. The lowest BCUT2D eigenvalue weighted by Crippen LogP contribution is -2.30. The van der Waals surface area contributed by atoms with E-state index in [2.05, 4.69) is 45.1 Å². The molecule has 0 spiro atoms. The molecule has 1 unspecified atom stereocenters. The maximum absolute atomic E-state index is 12.9. The molecular weight excluding hydrogens is 901 g/mol. The Morgan fingerprint density at radius 3 is 0.699 bits per heavy atom. The maximum Gasteiger partial charge on any atom is 0.306 e. The van der Waals surface area contributed by atoms with Gasteiger partial charge in [0.05, 0.1) is 0 Å². The minimum atomic E-state index is -0.776. The molecule has 0 aliphatic rings. The molecule has 0 fully saturated rings. The van der Waals surface area contributed by atoms with Gasteiger partial charge in [0.15, 0.2) is 6.10 Å². The average molecular weight is 1030 g/mol. The first kappa shape index (κ1) is 70.9. The number of rotatable bonds is 61. The summed E-state index contributed by atoms with van der Waals surface area (Å²) in [7, 11) is 0. The lowest BCUT2D eigenvalue weighted by molar-refractivity contribution is -0.167. The number of hydrogen-bond donors (Lipinski definition) is 0. The van der Waals surface area contributed by atoms with Crippen molar-refractivity contribution in [3.05, 3.63) is 24.3 Å². The Morgan fingerprint density at radius 2 is 0.452 bits per heavy atom. The van der Waals surface area contributed by atoms with Crippen molar-refractivity contribution < 1.29 is 28.6 Å². The van der Waals surface area contributed by atoms with Crippen LogP contribution >= 0.6 is 0 Å². The van der Waals surface area contributed by atoms with E-state index in [0.717, 1.165) is 70.6 Å². The van der Waals surface area contributed by atoms with Crippen molar-refractivity contribution in [2.45, 2.75) is 374 Å². The molecule has 0 saturated carbocycles. The van der Waals surface area contributed by atoms with Crippen molar-refractivity contribution in [3.63, 3.8) is 0 Å². The highest BCUT2D eigenvalue weighted by atomic mass is 16.6. The molecule has 0 bridgehead atoms. The van der Waals surface area contributed by atoms with Gasteiger partial charge in [-0.25, -0.2) is 0 Å². The predicted octanol–water partition coefficient (Wildman–Crippen LogP) is 22.2. The third-order valence-electron chi connectivity index (χ3n) is 14.9. The van der Waals surface area contributed by atoms with Gasteiger partial charge < -0.3 is 14.2 Å². The zero-order chi connectivity index (χ0) is 52.9. The Bertz CT molecular complexity index is 1180. The first-order valence-corrected chi connectivity index (χ1v) is 32.8. The second kappa shape index (κ2) is 62.4. The quantitative estimate of drug-likeness (QED) is 0.0261. The summed E-state index contributed by atoms with van der Waals surface area (Å²) in [5.74, 6) is -0.865. The zero-order valence-electron chi connectivity index (χ0n) is 49.4. The standard InChI is InChI=1S/C67H126O6/c1-4-7-10-13-16-19-22-25-27-29-30-31-32-33-34-35-36-37-38-40-42-45-48-51-54-57-60-66(69)72-63-64(62-71-65(68)59-56-53-50-47-44-41-24-21-18-15-12-9-6-3)73-67(70)61-58-55-52-49-46-43-39-28-26-23-20-17-14-11-8-5-2/h21,24,28,39,64H,4-20,22-23,25-27,29-38,40-63H2,1-3H3/b24-21-,39-28-. The topological polar surface area (TPSA) is 78.9 Å². The fourth-order valence-corrected chi connectivity index (χ4v) is 9.97. The first-order valence-electron chi connectivity index (χ1n) is 32.8. The van der Waals surface area contributed by atoms with Crippen LogP contribution in [0, 0.1) is 0 Å². The van der Waals surface area contributed by atoms with Crippen LogP contribution in [0.4, 0.5) is 0 Å². The summed E-state index contributed by atoms with van der Waals surface area (Å²) in [5, 5.41) is 0. The summed E-state index contributed by atoms with van der Waals surface area (Å²) in [4.78, 5) is 38.3. The summed E-state index contributed by atoms with van der Waals surface area (Å²) >= 11 is 0. The van der Waals surface area contributed by atoms with Crippen molar-refractivity contribution in [1.82, 2.24) is 0 Å². The van der Waals surface area contributed by atoms with Crippen molar-refractivity contribution in [3.8, 4) is 0 Å². The molecule has 1 atom stereocenters.